The highest BCUT2D eigenvalue weighted by atomic mass is 32.1. The van der Waals surface area contributed by atoms with Crippen LogP contribution in [0.5, 0.6) is 5.75 Å². The van der Waals surface area contributed by atoms with Gasteiger partial charge < -0.3 is 5.11 Å². The van der Waals surface area contributed by atoms with Crippen molar-refractivity contribution in [2.24, 2.45) is 0 Å². The predicted molar refractivity (Wildman–Crippen MR) is 133 cm³/mol. The van der Waals surface area contributed by atoms with Crippen LogP contribution in [0.2, 0.25) is 0 Å². The second-order valence-corrected chi connectivity index (χ2v) is 9.06. The topological polar surface area (TPSA) is 20.2 Å². The number of rotatable bonds is 7. The SMILES string of the molecule is Oc1c(Cc2ccccc2)cc(Cc2ccccc2)cc1Pc1ccccc1CS. The fourth-order valence-electron chi connectivity index (χ4n) is 3.67. The maximum atomic E-state index is 11.2. The predicted octanol–water partition coefficient (Wildman–Crippen LogP) is 5.63. The van der Waals surface area contributed by atoms with Crippen molar-refractivity contribution in [3.05, 3.63) is 125 Å². The molecule has 4 aromatic carbocycles. The van der Waals surface area contributed by atoms with E-state index in [0.717, 1.165) is 23.7 Å². The van der Waals surface area contributed by atoms with E-state index in [1.54, 1.807) is 0 Å². The summed E-state index contributed by atoms with van der Waals surface area (Å²) < 4.78 is 0. The maximum Gasteiger partial charge on any atom is 0.126 e. The third-order valence-electron chi connectivity index (χ3n) is 5.19. The molecule has 1 unspecified atom stereocenters. The van der Waals surface area contributed by atoms with Gasteiger partial charge in [-0.25, -0.2) is 0 Å². The van der Waals surface area contributed by atoms with Gasteiger partial charge in [0.15, 0.2) is 0 Å². The second kappa shape index (κ2) is 9.98. The second-order valence-electron chi connectivity index (χ2n) is 7.42. The Balaban J connectivity index is 1.73. The van der Waals surface area contributed by atoms with Gasteiger partial charge in [-0.1, -0.05) is 99.6 Å². The van der Waals surface area contributed by atoms with Crippen molar-refractivity contribution in [3.63, 3.8) is 0 Å². The molecule has 0 aliphatic heterocycles. The molecule has 1 nitrogen and oxygen atoms in total. The molecular weight excluding hydrogens is 403 g/mol. The first-order valence-electron chi connectivity index (χ1n) is 10.1. The van der Waals surface area contributed by atoms with E-state index < -0.39 is 0 Å². The lowest BCUT2D eigenvalue weighted by atomic mass is 9.98. The summed E-state index contributed by atoms with van der Waals surface area (Å²) in [4.78, 5) is 0. The number of thiol groups is 1. The van der Waals surface area contributed by atoms with Crippen LogP contribution in [0.15, 0.2) is 97.1 Å². The van der Waals surface area contributed by atoms with E-state index in [-0.39, 0.29) is 0 Å². The Morgan fingerprint density at radius 2 is 1.20 bits per heavy atom. The van der Waals surface area contributed by atoms with E-state index in [9.17, 15) is 5.11 Å². The third kappa shape index (κ3) is 5.14. The molecule has 0 heterocycles. The summed E-state index contributed by atoms with van der Waals surface area (Å²) in [7, 11) is 0.397. The average molecular weight is 429 g/mol. The van der Waals surface area contributed by atoms with Crippen LogP contribution < -0.4 is 10.6 Å². The summed E-state index contributed by atoms with van der Waals surface area (Å²) in [6, 6.07) is 33.5. The Morgan fingerprint density at radius 3 is 1.87 bits per heavy atom. The minimum Gasteiger partial charge on any atom is -0.507 e. The van der Waals surface area contributed by atoms with Gasteiger partial charge in [-0.15, -0.1) is 0 Å². The summed E-state index contributed by atoms with van der Waals surface area (Å²) >= 11 is 4.49. The van der Waals surface area contributed by atoms with Gasteiger partial charge in [-0.3, -0.25) is 0 Å². The molecule has 0 saturated carbocycles. The summed E-state index contributed by atoms with van der Waals surface area (Å²) in [5, 5.41) is 13.4. The molecule has 0 bridgehead atoms. The van der Waals surface area contributed by atoms with Crippen molar-refractivity contribution < 1.29 is 5.11 Å². The minimum atomic E-state index is 0.397. The van der Waals surface area contributed by atoms with Crippen LogP contribution in [0.4, 0.5) is 0 Å². The number of aromatic hydroxyl groups is 1. The molecule has 1 N–H and O–H groups in total. The lowest BCUT2D eigenvalue weighted by Gasteiger charge is -2.15. The Hall–Kier alpha value is -2.54. The number of hydrogen-bond donors (Lipinski definition) is 2. The maximum absolute atomic E-state index is 11.2. The fourth-order valence-corrected chi connectivity index (χ4v) is 5.43. The van der Waals surface area contributed by atoms with Gasteiger partial charge >= 0.3 is 0 Å². The molecule has 4 aromatic rings. The van der Waals surface area contributed by atoms with Crippen molar-refractivity contribution in [1.82, 2.24) is 0 Å². The number of hydrogen-bond acceptors (Lipinski definition) is 2. The summed E-state index contributed by atoms with van der Waals surface area (Å²) in [6.07, 6.45) is 1.58. The van der Waals surface area contributed by atoms with Gasteiger partial charge in [0, 0.05) is 17.5 Å². The number of benzene rings is 4. The van der Waals surface area contributed by atoms with Gasteiger partial charge in [0.25, 0.3) is 0 Å². The zero-order valence-corrected chi connectivity index (χ0v) is 18.6. The summed E-state index contributed by atoms with van der Waals surface area (Å²) in [5.41, 5.74) is 5.92. The average Bonchev–Trinajstić information content (AvgIpc) is 2.78. The molecule has 0 saturated heterocycles. The molecule has 0 aliphatic carbocycles. The van der Waals surface area contributed by atoms with Crippen LogP contribution in [-0.2, 0) is 18.6 Å². The molecule has 0 aliphatic rings. The molecule has 150 valence electrons. The van der Waals surface area contributed by atoms with E-state index in [1.807, 2.05) is 30.3 Å². The quantitative estimate of drug-likeness (QED) is 0.289. The third-order valence-corrected chi connectivity index (χ3v) is 6.94. The molecule has 0 amide bonds. The monoisotopic (exact) mass is 428 g/mol. The zero-order valence-electron chi connectivity index (χ0n) is 16.8. The first kappa shape index (κ1) is 20.7. The minimum absolute atomic E-state index is 0.397. The Kier molecular flexibility index (Phi) is 6.89. The van der Waals surface area contributed by atoms with Crippen LogP contribution in [0.25, 0.3) is 0 Å². The van der Waals surface area contributed by atoms with Crippen molar-refractivity contribution in [3.8, 4) is 5.75 Å². The number of phenols is 1. The van der Waals surface area contributed by atoms with Gasteiger partial charge in [0.05, 0.1) is 0 Å². The number of phenolic OH excluding ortho intramolecular Hbond substituents is 1. The summed E-state index contributed by atoms with van der Waals surface area (Å²) in [6.45, 7) is 0. The lowest BCUT2D eigenvalue weighted by molar-refractivity contribution is 0.474. The van der Waals surface area contributed by atoms with Crippen molar-refractivity contribution in [2.75, 3.05) is 0 Å². The van der Waals surface area contributed by atoms with Gasteiger partial charge in [0.1, 0.15) is 5.75 Å². The standard InChI is InChI=1S/C27H25OPS/c28-27-24(16-21-11-5-2-6-12-21)17-22(15-20-9-3-1-4-10-20)18-26(27)29-25-14-8-7-13-23(25)19-30/h1-14,17-18,28-30H,15-16,19H2. The molecule has 0 radical (unpaired) electrons. The molecule has 0 fully saturated rings. The first-order chi connectivity index (χ1) is 14.7. The first-order valence-corrected chi connectivity index (χ1v) is 11.7. The van der Waals surface area contributed by atoms with Gasteiger partial charge in [-0.2, -0.15) is 12.6 Å². The van der Waals surface area contributed by atoms with Crippen LogP contribution in [0.1, 0.15) is 27.8 Å². The van der Waals surface area contributed by atoms with E-state index in [2.05, 4.69) is 79.4 Å². The van der Waals surface area contributed by atoms with Crippen LogP contribution in [0.3, 0.4) is 0 Å². The molecule has 30 heavy (non-hydrogen) atoms. The van der Waals surface area contributed by atoms with Crippen LogP contribution in [-0.4, -0.2) is 5.11 Å². The van der Waals surface area contributed by atoms with E-state index in [0.29, 0.717) is 20.1 Å². The molecule has 0 aromatic heterocycles. The van der Waals surface area contributed by atoms with Crippen LogP contribution in [0, 0.1) is 0 Å². The van der Waals surface area contributed by atoms with Crippen molar-refractivity contribution in [1.29, 1.82) is 0 Å². The summed E-state index contributed by atoms with van der Waals surface area (Å²) in [5.74, 6) is 1.12. The van der Waals surface area contributed by atoms with E-state index >= 15 is 0 Å². The Bertz CT molecular complexity index is 1110. The highest BCUT2D eigenvalue weighted by molar-refractivity contribution is 7.79. The van der Waals surface area contributed by atoms with E-state index in [4.69, 9.17) is 0 Å². The molecule has 1 atom stereocenters. The normalized spacial score (nSPS) is 11.2. The fraction of sp³-hybridized carbons (Fsp3) is 0.111. The van der Waals surface area contributed by atoms with Gasteiger partial charge in [-0.05, 0) is 45.6 Å². The molecular formula is C27H25OPS. The lowest BCUT2D eigenvalue weighted by Crippen LogP contribution is -2.11. The van der Waals surface area contributed by atoms with Crippen molar-refractivity contribution in [2.45, 2.75) is 18.6 Å². The zero-order chi connectivity index (χ0) is 20.8. The smallest absolute Gasteiger partial charge is 0.126 e. The van der Waals surface area contributed by atoms with Gasteiger partial charge in [0.2, 0.25) is 0 Å². The molecule has 3 heteroatoms. The highest BCUT2D eigenvalue weighted by Gasteiger charge is 2.13. The van der Waals surface area contributed by atoms with Crippen molar-refractivity contribution >= 4 is 31.8 Å². The van der Waals surface area contributed by atoms with E-state index in [1.165, 1.54) is 27.6 Å². The van der Waals surface area contributed by atoms with Crippen LogP contribution >= 0.6 is 21.2 Å². The molecule has 4 rings (SSSR count). The Labute approximate surface area is 186 Å². The molecule has 0 spiro atoms. The largest absolute Gasteiger partial charge is 0.507 e. The Morgan fingerprint density at radius 1 is 0.600 bits per heavy atom. The highest BCUT2D eigenvalue weighted by Crippen LogP contribution is 2.28.